The largest absolute Gasteiger partial charge is 0.369 e. The Morgan fingerprint density at radius 2 is 1.91 bits per heavy atom. The van der Waals surface area contributed by atoms with Gasteiger partial charge in [-0.05, 0) is 35.7 Å². The van der Waals surface area contributed by atoms with Gasteiger partial charge in [0.15, 0.2) is 0 Å². The van der Waals surface area contributed by atoms with Crippen LogP contribution in [-0.4, -0.2) is 25.5 Å². The summed E-state index contributed by atoms with van der Waals surface area (Å²) in [7, 11) is 0. The normalized spacial score (nSPS) is 13.0. The quantitative estimate of drug-likeness (QED) is 0.859. The van der Waals surface area contributed by atoms with Gasteiger partial charge in [0, 0.05) is 36.8 Å². The second kappa shape index (κ2) is 6.84. The van der Waals surface area contributed by atoms with Crippen molar-refractivity contribution in [1.82, 2.24) is 5.32 Å². The molecule has 0 aliphatic carbocycles. The highest BCUT2D eigenvalue weighted by molar-refractivity contribution is 6.17. The molecule has 0 atom stereocenters. The van der Waals surface area contributed by atoms with Crippen molar-refractivity contribution >= 4 is 23.2 Å². The summed E-state index contributed by atoms with van der Waals surface area (Å²) in [6, 6.07) is 15.9. The van der Waals surface area contributed by atoms with Crippen LogP contribution >= 0.6 is 11.6 Å². The molecule has 1 aliphatic heterocycles. The molecule has 1 aliphatic rings. The molecule has 4 heteroatoms. The number of halogens is 1. The molecule has 2 aromatic rings. The Bertz CT molecular complexity index is 654. The summed E-state index contributed by atoms with van der Waals surface area (Å²) < 4.78 is 0. The van der Waals surface area contributed by atoms with E-state index in [9.17, 15) is 4.79 Å². The molecule has 3 rings (SSSR count). The van der Waals surface area contributed by atoms with E-state index < -0.39 is 0 Å². The third-order valence-electron chi connectivity index (χ3n) is 4.02. The van der Waals surface area contributed by atoms with Crippen molar-refractivity contribution in [2.24, 2.45) is 0 Å². The van der Waals surface area contributed by atoms with E-state index >= 15 is 0 Å². The molecule has 0 saturated heterocycles. The maximum Gasteiger partial charge on any atom is 0.251 e. The summed E-state index contributed by atoms with van der Waals surface area (Å²) >= 11 is 5.75. The molecule has 0 saturated carbocycles. The second-order valence-corrected chi connectivity index (χ2v) is 5.72. The van der Waals surface area contributed by atoms with Crippen LogP contribution in [0.4, 0.5) is 5.69 Å². The Morgan fingerprint density at radius 1 is 1.14 bits per heavy atom. The Morgan fingerprint density at radius 3 is 2.68 bits per heavy atom. The van der Waals surface area contributed by atoms with Crippen LogP contribution in [0.15, 0.2) is 48.5 Å². The average Bonchev–Trinajstić information content (AvgIpc) is 2.98. The Hall–Kier alpha value is -2.00. The van der Waals surface area contributed by atoms with Crippen molar-refractivity contribution in [3.63, 3.8) is 0 Å². The van der Waals surface area contributed by atoms with Gasteiger partial charge in [0.05, 0.1) is 0 Å². The molecule has 1 amide bonds. The van der Waals surface area contributed by atoms with Gasteiger partial charge < -0.3 is 10.2 Å². The first kappa shape index (κ1) is 14.9. The zero-order valence-corrected chi connectivity index (χ0v) is 13.1. The van der Waals surface area contributed by atoms with Gasteiger partial charge in [-0.3, -0.25) is 4.79 Å². The maximum atomic E-state index is 12.1. The summed E-state index contributed by atoms with van der Waals surface area (Å²) in [5.74, 6) is 0.435. The molecular weight excluding hydrogens is 296 g/mol. The fraction of sp³-hybridized carbons (Fsp3) is 0.278. The number of anilines is 1. The number of nitrogens with one attached hydrogen (secondary N) is 1. The van der Waals surface area contributed by atoms with Gasteiger partial charge in [-0.25, -0.2) is 0 Å². The minimum absolute atomic E-state index is 0.0337. The topological polar surface area (TPSA) is 32.3 Å². The van der Waals surface area contributed by atoms with Crippen LogP contribution in [0, 0.1) is 0 Å². The monoisotopic (exact) mass is 314 g/mol. The second-order valence-electron chi connectivity index (χ2n) is 5.45. The Labute approximate surface area is 135 Å². The smallest absolute Gasteiger partial charge is 0.251 e. The zero-order valence-electron chi connectivity index (χ0n) is 12.4. The lowest BCUT2D eigenvalue weighted by atomic mass is 10.1. The molecule has 0 unspecified atom stereocenters. The lowest BCUT2D eigenvalue weighted by Crippen LogP contribution is -2.34. The minimum atomic E-state index is -0.0337. The summed E-state index contributed by atoms with van der Waals surface area (Å²) in [6.07, 6.45) is 1.09. The van der Waals surface area contributed by atoms with Crippen LogP contribution in [0.5, 0.6) is 0 Å². The van der Waals surface area contributed by atoms with Crippen LogP contribution in [0.3, 0.4) is 0 Å². The van der Waals surface area contributed by atoms with E-state index in [1.54, 1.807) is 0 Å². The SMILES string of the molecule is O=C(NCCN1CCc2ccccc21)c1ccc(CCl)cc1. The van der Waals surface area contributed by atoms with Gasteiger partial charge in [0.25, 0.3) is 5.91 Å². The van der Waals surface area contributed by atoms with Crippen molar-refractivity contribution in [3.05, 3.63) is 65.2 Å². The van der Waals surface area contributed by atoms with Gasteiger partial charge in [0.2, 0.25) is 0 Å². The fourth-order valence-corrected chi connectivity index (χ4v) is 2.97. The van der Waals surface area contributed by atoms with E-state index in [-0.39, 0.29) is 5.91 Å². The van der Waals surface area contributed by atoms with E-state index in [0.717, 1.165) is 25.1 Å². The van der Waals surface area contributed by atoms with Gasteiger partial charge in [0.1, 0.15) is 0 Å². The lowest BCUT2D eigenvalue weighted by Gasteiger charge is -2.19. The molecule has 0 fully saturated rings. The van der Waals surface area contributed by atoms with Gasteiger partial charge >= 0.3 is 0 Å². The van der Waals surface area contributed by atoms with Crippen molar-refractivity contribution < 1.29 is 4.79 Å². The molecular formula is C18H19ClN2O. The third kappa shape index (κ3) is 3.25. The first-order chi connectivity index (χ1) is 10.8. The van der Waals surface area contributed by atoms with E-state index in [2.05, 4.69) is 34.5 Å². The molecule has 0 spiro atoms. The van der Waals surface area contributed by atoms with E-state index in [4.69, 9.17) is 11.6 Å². The number of carbonyl (C=O) groups is 1. The van der Waals surface area contributed by atoms with Gasteiger partial charge in [-0.2, -0.15) is 0 Å². The molecule has 0 aromatic heterocycles. The standard InChI is InChI=1S/C18H19ClN2O/c19-13-14-5-7-16(8-6-14)18(22)20-10-12-21-11-9-15-3-1-2-4-17(15)21/h1-8H,9-13H2,(H,20,22). The number of benzene rings is 2. The number of hydrogen-bond acceptors (Lipinski definition) is 2. The molecule has 114 valence electrons. The highest BCUT2D eigenvalue weighted by atomic mass is 35.5. The van der Waals surface area contributed by atoms with Gasteiger partial charge in [-0.1, -0.05) is 30.3 Å². The maximum absolute atomic E-state index is 12.1. The minimum Gasteiger partial charge on any atom is -0.369 e. The lowest BCUT2D eigenvalue weighted by molar-refractivity contribution is 0.0954. The van der Waals surface area contributed by atoms with Crippen LogP contribution in [-0.2, 0) is 12.3 Å². The summed E-state index contributed by atoms with van der Waals surface area (Å²) in [6.45, 7) is 2.51. The number of fused-ring (bicyclic) bond motifs is 1. The molecule has 2 aromatic carbocycles. The van der Waals surface area contributed by atoms with E-state index in [1.807, 2.05) is 24.3 Å². The predicted octanol–water partition coefficient (Wildman–Crippen LogP) is 3.22. The van der Waals surface area contributed by atoms with Crippen molar-refractivity contribution in [2.45, 2.75) is 12.3 Å². The number of hydrogen-bond donors (Lipinski definition) is 1. The highest BCUT2D eigenvalue weighted by Crippen LogP contribution is 2.26. The molecule has 3 nitrogen and oxygen atoms in total. The number of carbonyl (C=O) groups excluding carboxylic acids is 1. The Kier molecular flexibility index (Phi) is 4.64. The number of amides is 1. The van der Waals surface area contributed by atoms with Crippen LogP contribution in [0.2, 0.25) is 0 Å². The van der Waals surface area contributed by atoms with Crippen LogP contribution < -0.4 is 10.2 Å². The molecule has 22 heavy (non-hydrogen) atoms. The zero-order chi connectivity index (χ0) is 15.4. The molecule has 1 N–H and O–H groups in total. The van der Waals surface area contributed by atoms with E-state index in [1.165, 1.54) is 11.3 Å². The number of rotatable bonds is 5. The first-order valence-corrected chi connectivity index (χ1v) is 8.07. The summed E-state index contributed by atoms with van der Waals surface area (Å²) in [4.78, 5) is 14.4. The number of alkyl halides is 1. The van der Waals surface area contributed by atoms with Crippen molar-refractivity contribution in [3.8, 4) is 0 Å². The van der Waals surface area contributed by atoms with Crippen LogP contribution in [0.25, 0.3) is 0 Å². The summed E-state index contributed by atoms with van der Waals surface area (Å²) in [5, 5.41) is 2.98. The average molecular weight is 315 g/mol. The number of para-hydroxylation sites is 1. The van der Waals surface area contributed by atoms with Crippen molar-refractivity contribution in [1.29, 1.82) is 0 Å². The fourth-order valence-electron chi connectivity index (χ4n) is 2.79. The Balaban J connectivity index is 1.52. The number of nitrogens with zero attached hydrogens (tertiary/aromatic N) is 1. The van der Waals surface area contributed by atoms with Gasteiger partial charge in [-0.15, -0.1) is 11.6 Å². The molecule has 1 heterocycles. The summed E-state index contributed by atoms with van der Waals surface area (Å²) in [5.41, 5.74) is 4.39. The van der Waals surface area contributed by atoms with E-state index in [0.29, 0.717) is 18.0 Å². The van der Waals surface area contributed by atoms with Crippen LogP contribution in [0.1, 0.15) is 21.5 Å². The first-order valence-electron chi connectivity index (χ1n) is 7.54. The molecule has 0 bridgehead atoms. The van der Waals surface area contributed by atoms with Crippen molar-refractivity contribution in [2.75, 3.05) is 24.5 Å². The predicted molar refractivity (Wildman–Crippen MR) is 90.7 cm³/mol. The highest BCUT2D eigenvalue weighted by Gasteiger charge is 2.17. The third-order valence-corrected chi connectivity index (χ3v) is 4.33. The molecule has 0 radical (unpaired) electrons.